The fourth-order valence-corrected chi connectivity index (χ4v) is 3.66. The summed E-state index contributed by atoms with van der Waals surface area (Å²) in [5.41, 5.74) is 1.22. The number of hydrogen-bond donors (Lipinski definition) is 1. The van der Waals surface area contributed by atoms with Crippen molar-refractivity contribution in [2.75, 3.05) is 0 Å². The van der Waals surface area contributed by atoms with Gasteiger partial charge in [0.1, 0.15) is 12.3 Å². The van der Waals surface area contributed by atoms with Gasteiger partial charge in [-0.1, -0.05) is 42.1 Å². The summed E-state index contributed by atoms with van der Waals surface area (Å²) in [5, 5.41) is 4.24. The third kappa shape index (κ3) is 3.93. The van der Waals surface area contributed by atoms with Crippen molar-refractivity contribution in [2.45, 2.75) is 32.4 Å². The van der Waals surface area contributed by atoms with E-state index in [4.69, 9.17) is 4.74 Å². The number of nitrogens with zero attached hydrogens (tertiary/aromatic N) is 1. The van der Waals surface area contributed by atoms with E-state index in [2.05, 4.69) is 5.32 Å². The zero-order chi connectivity index (χ0) is 17.8. The summed E-state index contributed by atoms with van der Waals surface area (Å²) < 4.78 is 5.39. The number of esters is 1. The molecular formula is C18H18N2O4S. The van der Waals surface area contributed by atoms with Crippen molar-refractivity contribution in [1.29, 1.82) is 0 Å². The molecule has 0 bridgehead atoms. The maximum absolute atomic E-state index is 12.5. The van der Waals surface area contributed by atoms with Crippen molar-refractivity contribution >= 4 is 29.5 Å². The van der Waals surface area contributed by atoms with Crippen LogP contribution in [0.2, 0.25) is 0 Å². The Morgan fingerprint density at radius 3 is 2.76 bits per heavy atom. The molecule has 2 heterocycles. The molecule has 0 spiro atoms. The molecule has 3 rings (SSSR count). The van der Waals surface area contributed by atoms with Gasteiger partial charge >= 0.3 is 5.97 Å². The van der Waals surface area contributed by atoms with Crippen LogP contribution in [0.4, 0.5) is 0 Å². The second-order valence-corrected chi connectivity index (χ2v) is 6.78. The van der Waals surface area contributed by atoms with Gasteiger partial charge in [0, 0.05) is 30.9 Å². The van der Waals surface area contributed by atoms with E-state index >= 15 is 0 Å². The predicted octanol–water partition coefficient (Wildman–Crippen LogP) is 2.29. The van der Waals surface area contributed by atoms with E-state index in [9.17, 15) is 14.4 Å². The number of benzene rings is 1. The molecule has 1 unspecified atom stereocenters. The number of fused-ring (bicyclic) bond motifs is 1. The fraction of sp³-hybridized carbons (Fsp3) is 0.278. The molecule has 1 N–H and O–H groups in total. The second kappa shape index (κ2) is 7.57. The first-order chi connectivity index (χ1) is 12.1. The molecule has 7 heteroatoms. The summed E-state index contributed by atoms with van der Waals surface area (Å²) in [6.45, 7) is 1.58. The van der Waals surface area contributed by atoms with Gasteiger partial charge in [0.05, 0.1) is 6.04 Å². The summed E-state index contributed by atoms with van der Waals surface area (Å²) in [4.78, 5) is 37.6. The van der Waals surface area contributed by atoms with E-state index in [1.54, 1.807) is 5.41 Å². The minimum Gasteiger partial charge on any atom is -0.456 e. The van der Waals surface area contributed by atoms with Gasteiger partial charge < -0.3 is 15.0 Å². The van der Waals surface area contributed by atoms with Gasteiger partial charge in [-0.3, -0.25) is 9.59 Å². The number of rotatable bonds is 6. The fourth-order valence-electron chi connectivity index (χ4n) is 2.77. The SMILES string of the molecule is CC(=O)N/C=C/SC1=C(C(=O)OCc2ccccc2)N2C(=O)CC2C1. The first-order valence-corrected chi connectivity index (χ1v) is 8.79. The van der Waals surface area contributed by atoms with Crippen LogP contribution in [-0.2, 0) is 25.7 Å². The maximum atomic E-state index is 12.5. The molecule has 0 aliphatic carbocycles. The highest BCUT2D eigenvalue weighted by atomic mass is 32.2. The van der Waals surface area contributed by atoms with Crippen molar-refractivity contribution in [3.05, 3.63) is 58.1 Å². The van der Waals surface area contributed by atoms with E-state index < -0.39 is 5.97 Å². The van der Waals surface area contributed by atoms with Crippen molar-refractivity contribution in [1.82, 2.24) is 10.2 Å². The van der Waals surface area contributed by atoms with E-state index in [-0.39, 0.29) is 24.5 Å². The van der Waals surface area contributed by atoms with Gasteiger partial charge in [0.2, 0.25) is 11.8 Å². The number of hydrogen-bond acceptors (Lipinski definition) is 5. The van der Waals surface area contributed by atoms with Crippen LogP contribution in [-0.4, -0.2) is 28.7 Å². The molecule has 1 atom stereocenters. The Morgan fingerprint density at radius 2 is 2.08 bits per heavy atom. The lowest BCUT2D eigenvalue weighted by atomic mass is 10.0. The normalized spacial score (nSPS) is 19.0. The number of thioether (sulfide) groups is 1. The molecule has 1 saturated heterocycles. The van der Waals surface area contributed by atoms with Gasteiger partial charge in [-0.15, -0.1) is 0 Å². The average molecular weight is 358 g/mol. The van der Waals surface area contributed by atoms with E-state index in [0.717, 1.165) is 10.5 Å². The van der Waals surface area contributed by atoms with Crippen LogP contribution in [0.1, 0.15) is 25.3 Å². The molecule has 2 amide bonds. The highest BCUT2D eigenvalue weighted by Crippen LogP contribution is 2.43. The Kier molecular flexibility index (Phi) is 5.23. The Balaban J connectivity index is 1.69. The molecule has 6 nitrogen and oxygen atoms in total. The van der Waals surface area contributed by atoms with Gasteiger partial charge in [0.15, 0.2) is 0 Å². The third-order valence-corrected chi connectivity index (χ3v) is 4.86. The molecule has 0 aromatic heterocycles. The number of β-lactam (4-membered cyclic amide) rings is 1. The average Bonchev–Trinajstić information content (AvgIpc) is 2.89. The molecule has 1 aromatic carbocycles. The van der Waals surface area contributed by atoms with Gasteiger partial charge in [-0.2, -0.15) is 0 Å². The van der Waals surface area contributed by atoms with E-state index in [1.807, 2.05) is 30.3 Å². The van der Waals surface area contributed by atoms with Gasteiger partial charge in [-0.05, 0) is 11.0 Å². The molecule has 25 heavy (non-hydrogen) atoms. The highest BCUT2D eigenvalue weighted by Gasteiger charge is 2.47. The Bertz CT molecular complexity index is 758. The summed E-state index contributed by atoms with van der Waals surface area (Å²) in [7, 11) is 0. The molecular weight excluding hydrogens is 340 g/mol. The van der Waals surface area contributed by atoms with Gasteiger partial charge in [-0.25, -0.2) is 4.79 Å². The molecule has 130 valence electrons. The topological polar surface area (TPSA) is 75.7 Å². The van der Waals surface area contributed by atoms with Crippen molar-refractivity contribution in [3.63, 3.8) is 0 Å². The molecule has 1 fully saturated rings. The lowest BCUT2D eigenvalue weighted by Gasteiger charge is -2.35. The first-order valence-electron chi connectivity index (χ1n) is 7.91. The minimum atomic E-state index is -0.491. The number of carbonyl (C=O) groups excluding carboxylic acids is 3. The Hall–Kier alpha value is -2.54. The minimum absolute atomic E-state index is 0.0449. The Morgan fingerprint density at radius 1 is 1.32 bits per heavy atom. The highest BCUT2D eigenvalue weighted by molar-refractivity contribution is 8.05. The summed E-state index contributed by atoms with van der Waals surface area (Å²) >= 11 is 1.32. The first kappa shape index (κ1) is 17.3. The monoisotopic (exact) mass is 358 g/mol. The van der Waals surface area contributed by atoms with Crippen LogP contribution in [0.25, 0.3) is 0 Å². The molecule has 0 saturated carbocycles. The van der Waals surface area contributed by atoms with E-state index in [0.29, 0.717) is 18.5 Å². The summed E-state index contributed by atoms with van der Waals surface area (Å²) in [6, 6.07) is 9.44. The standard InChI is InChI=1S/C18H18N2O4S/c1-12(21)19-7-8-25-15-9-14-10-16(22)20(14)17(15)18(23)24-11-13-5-3-2-4-6-13/h2-8,14H,9-11H2,1H3,(H,19,21)/b8-7+. The number of nitrogens with one attached hydrogen (secondary N) is 1. The number of amides is 2. The molecule has 2 aliphatic rings. The van der Waals surface area contributed by atoms with Crippen LogP contribution in [0.15, 0.2) is 52.5 Å². The number of carbonyl (C=O) groups is 3. The molecule has 0 radical (unpaired) electrons. The quantitative estimate of drug-likeness (QED) is 0.624. The summed E-state index contributed by atoms with van der Waals surface area (Å²) in [5.74, 6) is -0.716. The zero-order valence-electron chi connectivity index (χ0n) is 13.7. The number of ether oxygens (including phenoxy) is 1. The van der Waals surface area contributed by atoms with Crippen LogP contribution in [0.3, 0.4) is 0 Å². The van der Waals surface area contributed by atoms with Crippen LogP contribution in [0.5, 0.6) is 0 Å². The summed E-state index contributed by atoms with van der Waals surface area (Å²) in [6.07, 6.45) is 2.61. The maximum Gasteiger partial charge on any atom is 0.356 e. The largest absolute Gasteiger partial charge is 0.456 e. The van der Waals surface area contributed by atoms with Crippen molar-refractivity contribution in [3.8, 4) is 0 Å². The van der Waals surface area contributed by atoms with Crippen molar-refractivity contribution < 1.29 is 19.1 Å². The lowest BCUT2D eigenvalue weighted by Crippen LogP contribution is -2.49. The van der Waals surface area contributed by atoms with Crippen LogP contribution >= 0.6 is 11.8 Å². The second-order valence-electron chi connectivity index (χ2n) is 5.78. The molecule has 1 aromatic rings. The van der Waals surface area contributed by atoms with Gasteiger partial charge in [0.25, 0.3) is 0 Å². The smallest absolute Gasteiger partial charge is 0.356 e. The Labute approximate surface area is 149 Å². The lowest BCUT2D eigenvalue weighted by molar-refractivity contribution is -0.150. The zero-order valence-corrected chi connectivity index (χ0v) is 14.5. The van der Waals surface area contributed by atoms with Crippen LogP contribution in [0, 0.1) is 0 Å². The van der Waals surface area contributed by atoms with E-state index in [1.165, 1.54) is 29.8 Å². The van der Waals surface area contributed by atoms with Crippen molar-refractivity contribution in [2.24, 2.45) is 0 Å². The third-order valence-electron chi connectivity index (χ3n) is 3.94. The van der Waals surface area contributed by atoms with Crippen LogP contribution < -0.4 is 5.32 Å². The predicted molar refractivity (Wildman–Crippen MR) is 93.7 cm³/mol. The molecule has 2 aliphatic heterocycles.